The maximum atomic E-state index is 12.7. The topological polar surface area (TPSA) is 104 Å². The zero-order valence-corrected chi connectivity index (χ0v) is 36.8. The first-order valence-corrected chi connectivity index (χ1v) is 24.1. The fraction of sp³-hybridized carbons (Fsp3) is 0.932. The Bertz CT molecular complexity index is 942. The van der Waals surface area contributed by atoms with E-state index in [0.717, 1.165) is 57.8 Å². The van der Waals surface area contributed by atoms with E-state index in [2.05, 4.69) is 26.0 Å². The summed E-state index contributed by atoms with van der Waals surface area (Å²) in [6.07, 6.45) is 38.4. The molecule has 320 valence electrons. The van der Waals surface area contributed by atoms with E-state index in [1.165, 1.54) is 116 Å². The van der Waals surface area contributed by atoms with Crippen molar-refractivity contribution in [3.63, 3.8) is 0 Å². The lowest BCUT2D eigenvalue weighted by molar-refractivity contribution is -0.870. The lowest BCUT2D eigenvalue weighted by Crippen LogP contribution is -2.37. The predicted molar refractivity (Wildman–Crippen MR) is 224 cm³/mol. The van der Waals surface area contributed by atoms with Crippen molar-refractivity contribution in [2.75, 3.05) is 54.1 Å². The van der Waals surface area contributed by atoms with Crippen LogP contribution in [-0.4, -0.2) is 87.8 Å². The number of quaternary nitrogens is 1. The monoisotopic (exact) mass is 789 g/mol. The molecule has 1 N–H and O–H groups in total. The molecular formula is C44H87NO8P+. The number of rotatable bonds is 41. The molecule has 4 atom stereocenters. The second kappa shape index (κ2) is 34.3. The zero-order chi connectivity index (χ0) is 39.6. The van der Waals surface area contributed by atoms with Crippen molar-refractivity contribution in [1.82, 2.24) is 0 Å². The zero-order valence-electron chi connectivity index (χ0n) is 35.9. The van der Waals surface area contributed by atoms with Gasteiger partial charge in [-0.2, -0.15) is 0 Å². The molecule has 1 aliphatic rings. The van der Waals surface area contributed by atoms with E-state index in [0.29, 0.717) is 36.3 Å². The quantitative estimate of drug-likeness (QED) is 0.0163. The highest BCUT2D eigenvalue weighted by molar-refractivity contribution is 7.47. The Morgan fingerprint density at radius 3 is 1.80 bits per heavy atom. The first-order valence-electron chi connectivity index (χ1n) is 22.6. The maximum Gasteiger partial charge on any atom is 0.472 e. The van der Waals surface area contributed by atoms with Crippen LogP contribution in [-0.2, 0) is 32.6 Å². The van der Waals surface area contributed by atoms with Crippen LogP contribution in [0.3, 0.4) is 0 Å². The van der Waals surface area contributed by atoms with Gasteiger partial charge in [-0.3, -0.25) is 13.8 Å². The van der Waals surface area contributed by atoms with E-state index in [1.807, 2.05) is 21.1 Å². The molecule has 1 heterocycles. The summed E-state index contributed by atoms with van der Waals surface area (Å²) in [7, 11) is 1.66. The van der Waals surface area contributed by atoms with Crippen LogP contribution in [0.15, 0.2) is 12.2 Å². The normalized spacial score (nSPS) is 17.6. The minimum absolute atomic E-state index is 0.0861. The number of hydrogen-bond acceptors (Lipinski definition) is 7. The molecule has 1 rings (SSSR count). The SMILES string of the molecule is CCCCCCCCCCCCCCCCCCOCC(COP(=O)(O)OCC[N+](C)(C)C)OC(=O)CCCCCCC/C=C\CC1OC1CCCCC. The molecule has 1 saturated heterocycles. The van der Waals surface area contributed by atoms with Crippen LogP contribution in [0, 0.1) is 0 Å². The molecule has 1 fully saturated rings. The summed E-state index contributed by atoms with van der Waals surface area (Å²) in [5.74, 6) is -0.327. The highest BCUT2D eigenvalue weighted by Crippen LogP contribution is 2.43. The standard InChI is InChI=1S/C44H86NO8P/c1-6-8-10-11-12-13-14-15-16-17-18-19-22-25-28-32-37-49-39-41(40-51-54(47,48)50-38-36-45(3,4)5)52-44(46)35-31-27-24-21-20-23-26-30-34-43-42(53-43)33-29-9-7-2/h26,30,41-43H,6-25,27-29,31-40H2,1-5H3/p+1/b30-26-. The molecule has 1 aliphatic heterocycles. The van der Waals surface area contributed by atoms with E-state index >= 15 is 0 Å². The molecule has 0 bridgehead atoms. The second-order valence-corrected chi connectivity index (χ2v) is 18.3. The van der Waals surface area contributed by atoms with Crippen LogP contribution in [0.1, 0.15) is 194 Å². The Morgan fingerprint density at radius 2 is 1.20 bits per heavy atom. The van der Waals surface area contributed by atoms with Crippen molar-refractivity contribution in [1.29, 1.82) is 0 Å². The number of carbonyl (C=O) groups is 1. The molecule has 0 aromatic rings. The molecule has 0 radical (unpaired) electrons. The van der Waals surface area contributed by atoms with Crippen molar-refractivity contribution < 1.29 is 42.0 Å². The highest BCUT2D eigenvalue weighted by atomic mass is 31.2. The Morgan fingerprint density at radius 1 is 0.667 bits per heavy atom. The van der Waals surface area contributed by atoms with Gasteiger partial charge in [-0.05, 0) is 38.5 Å². The molecule has 0 aliphatic carbocycles. The van der Waals surface area contributed by atoms with Crippen LogP contribution in [0.4, 0.5) is 0 Å². The number of allylic oxidation sites excluding steroid dienone is 1. The molecule has 54 heavy (non-hydrogen) atoms. The highest BCUT2D eigenvalue weighted by Gasteiger charge is 2.36. The number of likely N-dealkylation sites (N-methyl/N-ethyl adjacent to an activating group) is 1. The van der Waals surface area contributed by atoms with Crippen LogP contribution in [0.25, 0.3) is 0 Å². The van der Waals surface area contributed by atoms with Crippen molar-refractivity contribution in [3.05, 3.63) is 12.2 Å². The third kappa shape index (κ3) is 34.4. The van der Waals surface area contributed by atoms with Crippen LogP contribution in [0.2, 0.25) is 0 Å². The van der Waals surface area contributed by atoms with Crippen LogP contribution < -0.4 is 0 Å². The van der Waals surface area contributed by atoms with Gasteiger partial charge in [-0.25, -0.2) is 4.57 Å². The lowest BCUT2D eigenvalue weighted by Gasteiger charge is -2.24. The average molecular weight is 789 g/mol. The largest absolute Gasteiger partial charge is 0.472 e. The van der Waals surface area contributed by atoms with Crippen molar-refractivity contribution >= 4 is 13.8 Å². The smallest absolute Gasteiger partial charge is 0.457 e. The van der Waals surface area contributed by atoms with Crippen molar-refractivity contribution in [3.8, 4) is 0 Å². The number of nitrogens with zero attached hydrogens (tertiary/aromatic N) is 1. The lowest BCUT2D eigenvalue weighted by atomic mass is 10.0. The molecule has 9 nitrogen and oxygen atoms in total. The van der Waals surface area contributed by atoms with Gasteiger partial charge in [-0.15, -0.1) is 0 Å². The Balaban J connectivity index is 2.20. The number of carbonyl (C=O) groups excluding carboxylic acids is 1. The molecular weight excluding hydrogens is 701 g/mol. The number of hydrogen-bond donors (Lipinski definition) is 1. The molecule has 0 aromatic carbocycles. The van der Waals surface area contributed by atoms with Crippen molar-refractivity contribution in [2.45, 2.75) is 212 Å². The van der Waals surface area contributed by atoms with Crippen molar-refractivity contribution in [2.24, 2.45) is 0 Å². The number of epoxide rings is 1. The van der Waals surface area contributed by atoms with Gasteiger partial charge in [0, 0.05) is 13.0 Å². The summed E-state index contributed by atoms with van der Waals surface area (Å²) in [6, 6.07) is 0. The summed E-state index contributed by atoms with van der Waals surface area (Å²) in [4.78, 5) is 22.9. The van der Waals surface area contributed by atoms with Gasteiger partial charge in [0.25, 0.3) is 0 Å². The second-order valence-electron chi connectivity index (χ2n) is 16.8. The van der Waals surface area contributed by atoms with Crippen LogP contribution >= 0.6 is 7.82 Å². The van der Waals surface area contributed by atoms with E-state index < -0.39 is 13.9 Å². The summed E-state index contributed by atoms with van der Waals surface area (Å²) in [5.41, 5.74) is 0. The predicted octanol–water partition coefficient (Wildman–Crippen LogP) is 12.0. The molecule has 0 spiro atoms. The van der Waals surface area contributed by atoms with Crippen LogP contribution in [0.5, 0.6) is 0 Å². The fourth-order valence-corrected chi connectivity index (χ4v) is 7.36. The van der Waals surface area contributed by atoms with Gasteiger partial charge in [0.1, 0.15) is 19.3 Å². The van der Waals surface area contributed by atoms with Gasteiger partial charge in [-0.1, -0.05) is 161 Å². The molecule has 0 aromatic heterocycles. The average Bonchev–Trinajstić information content (AvgIpc) is 3.87. The Kier molecular flexibility index (Phi) is 32.5. The summed E-state index contributed by atoms with van der Waals surface area (Å²) >= 11 is 0. The fourth-order valence-electron chi connectivity index (χ4n) is 6.62. The third-order valence-corrected chi connectivity index (χ3v) is 11.2. The summed E-state index contributed by atoms with van der Waals surface area (Å²) in [6.45, 7) is 5.60. The molecule has 0 saturated carbocycles. The minimum atomic E-state index is -4.28. The van der Waals surface area contributed by atoms with E-state index in [1.54, 1.807) is 0 Å². The molecule has 4 unspecified atom stereocenters. The first kappa shape index (κ1) is 51.2. The molecule has 10 heteroatoms. The van der Waals surface area contributed by atoms with E-state index in [9.17, 15) is 14.3 Å². The number of phosphoric acid groups is 1. The van der Waals surface area contributed by atoms with E-state index in [-0.39, 0.29) is 25.8 Å². The Hall–Kier alpha value is -0.800. The van der Waals surface area contributed by atoms with Gasteiger partial charge in [0.05, 0.1) is 46.6 Å². The van der Waals surface area contributed by atoms with Gasteiger partial charge in [0.15, 0.2) is 0 Å². The number of esters is 1. The van der Waals surface area contributed by atoms with E-state index in [4.69, 9.17) is 23.3 Å². The first-order chi connectivity index (χ1) is 26.1. The maximum absolute atomic E-state index is 12.7. The number of unbranched alkanes of at least 4 members (excludes halogenated alkanes) is 22. The minimum Gasteiger partial charge on any atom is -0.457 e. The molecule has 0 amide bonds. The third-order valence-electron chi connectivity index (χ3n) is 10.3. The summed E-state index contributed by atoms with van der Waals surface area (Å²) < 4.78 is 40.8. The van der Waals surface area contributed by atoms with Gasteiger partial charge in [0.2, 0.25) is 0 Å². The number of phosphoric ester groups is 1. The Labute approximate surface area is 333 Å². The number of ether oxygens (including phenoxy) is 3. The summed E-state index contributed by atoms with van der Waals surface area (Å²) in [5, 5.41) is 0. The van der Waals surface area contributed by atoms with Gasteiger partial charge < -0.3 is 23.6 Å². The van der Waals surface area contributed by atoms with Gasteiger partial charge >= 0.3 is 13.8 Å².